The number of hydrogen-bond donors (Lipinski definition) is 2. The van der Waals surface area contributed by atoms with E-state index < -0.39 is 22.4 Å². The molecule has 1 saturated heterocycles. The molecule has 12 heteroatoms. The highest BCUT2D eigenvalue weighted by molar-refractivity contribution is 5.74. The maximum absolute atomic E-state index is 13.2. The van der Waals surface area contributed by atoms with Crippen molar-refractivity contribution in [3.8, 4) is 0 Å². The van der Waals surface area contributed by atoms with Crippen molar-refractivity contribution < 1.29 is 18.1 Å². The predicted molar refractivity (Wildman–Crippen MR) is 96.1 cm³/mol. The second kappa shape index (κ2) is 7.94. The Labute approximate surface area is 158 Å². The Kier molecular flexibility index (Phi) is 5.61. The normalized spacial score (nSPS) is 16.0. The van der Waals surface area contributed by atoms with Gasteiger partial charge in [-0.15, -0.1) is 0 Å². The van der Waals surface area contributed by atoms with Crippen molar-refractivity contribution in [3.05, 3.63) is 46.3 Å². The van der Waals surface area contributed by atoms with Gasteiger partial charge in [-0.05, 0) is 19.2 Å². The number of para-hydroxylation sites is 1. The van der Waals surface area contributed by atoms with Gasteiger partial charge in [0.1, 0.15) is 6.33 Å². The smallest absolute Gasteiger partial charge is 0.334 e. The van der Waals surface area contributed by atoms with Gasteiger partial charge >= 0.3 is 11.9 Å². The van der Waals surface area contributed by atoms with E-state index in [9.17, 15) is 23.3 Å². The van der Waals surface area contributed by atoms with Gasteiger partial charge in [-0.2, -0.15) is 13.2 Å². The minimum atomic E-state index is -4.62. The number of nitrogens with one attached hydrogen (secondary N) is 2. The number of rotatable bonds is 5. The molecule has 1 aliphatic rings. The first-order chi connectivity index (χ1) is 13.3. The van der Waals surface area contributed by atoms with E-state index >= 15 is 0 Å². The summed E-state index contributed by atoms with van der Waals surface area (Å²) in [6, 6.07) is 4.71. The number of aromatic nitrogens is 2. The van der Waals surface area contributed by atoms with E-state index in [0.29, 0.717) is 13.1 Å². The Morgan fingerprint density at radius 2 is 1.75 bits per heavy atom. The van der Waals surface area contributed by atoms with Gasteiger partial charge in [-0.1, -0.05) is 12.1 Å². The maximum Gasteiger partial charge on any atom is 0.418 e. The van der Waals surface area contributed by atoms with E-state index in [0.717, 1.165) is 25.5 Å². The molecule has 0 amide bonds. The Bertz CT molecular complexity index is 854. The first-order valence-corrected chi connectivity index (χ1v) is 8.38. The van der Waals surface area contributed by atoms with E-state index in [4.69, 9.17) is 0 Å². The largest absolute Gasteiger partial charge is 0.418 e. The molecule has 0 saturated carbocycles. The molecule has 2 aromatic rings. The summed E-state index contributed by atoms with van der Waals surface area (Å²) in [7, 11) is 1.96. The van der Waals surface area contributed by atoms with Crippen LogP contribution in [-0.2, 0) is 6.18 Å². The standard InChI is InChI=1S/C16H18F3N7O2/c1-24-6-8-25(9-7-24)23-15-13(26(27)28)14(20-10-21-15)22-12-5-3-2-4-11(12)16(17,18)19/h2-5,10H,6-9H2,1H3,(H2,20,21,22,23). The van der Waals surface area contributed by atoms with Crippen LogP contribution >= 0.6 is 0 Å². The summed E-state index contributed by atoms with van der Waals surface area (Å²) in [6.07, 6.45) is -3.56. The number of nitrogens with zero attached hydrogens (tertiary/aromatic N) is 5. The third-order valence-corrected chi connectivity index (χ3v) is 4.26. The fourth-order valence-corrected chi connectivity index (χ4v) is 2.76. The number of hydrogen-bond acceptors (Lipinski definition) is 8. The summed E-state index contributed by atoms with van der Waals surface area (Å²) >= 11 is 0. The Balaban J connectivity index is 1.91. The molecule has 28 heavy (non-hydrogen) atoms. The van der Waals surface area contributed by atoms with E-state index in [1.807, 2.05) is 7.05 Å². The first-order valence-electron chi connectivity index (χ1n) is 8.38. The highest BCUT2D eigenvalue weighted by Crippen LogP contribution is 2.38. The van der Waals surface area contributed by atoms with Crippen LogP contribution in [-0.4, -0.2) is 58.0 Å². The van der Waals surface area contributed by atoms with Crippen LogP contribution in [0.2, 0.25) is 0 Å². The fourth-order valence-electron chi connectivity index (χ4n) is 2.76. The lowest BCUT2D eigenvalue weighted by molar-refractivity contribution is -0.383. The maximum atomic E-state index is 13.2. The minimum absolute atomic E-state index is 0.0865. The van der Waals surface area contributed by atoms with Gasteiger partial charge in [0.2, 0.25) is 11.6 Å². The lowest BCUT2D eigenvalue weighted by atomic mass is 10.1. The summed E-state index contributed by atoms with van der Waals surface area (Å²) in [5.74, 6) is -0.412. The van der Waals surface area contributed by atoms with Crippen LogP contribution in [0.15, 0.2) is 30.6 Å². The fraction of sp³-hybridized carbons (Fsp3) is 0.375. The summed E-state index contributed by atoms with van der Waals surface area (Å²) in [5.41, 5.74) is 1.07. The van der Waals surface area contributed by atoms with E-state index in [1.54, 1.807) is 5.01 Å². The van der Waals surface area contributed by atoms with Gasteiger partial charge in [-0.25, -0.2) is 15.0 Å². The summed E-state index contributed by atoms with van der Waals surface area (Å²) < 4.78 is 39.6. The molecule has 1 fully saturated rings. The van der Waals surface area contributed by atoms with Crippen molar-refractivity contribution in [3.63, 3.8) is 0 Å². The number of benzene rings is 1. The molecular weight excluding hydrogens is 379 g/mol. The molecule has 2 heterocycles. The van der Waals surface area contributed by atoms with Crippen LogP contribution in [0.1, 0.15) is 5.56 Å². The van der Waals surface area contributed by atoms with Gasteiger partial charge < -0.3 is 10.2 Å². The molecule has 9 nitrogen and oxygen atoms in total. The molecule has 0 unspecified atom stereocenters. The Hall–Kier alpha value is -2.99. The second-order valence-corrected chi connectivity index (χ2v) is 6.25. The molecule has 0 bridgehead atoms. The SMILES string of the molecule is CN1CCN(Nc2ncnc(Nc3ccccc3C(F)(F)F)c2[N+](=O)[O-])CC1. The Morgan fingerprint density at radius 3 is 2.39 bits per heavy atom. The minimum Gasteiger partial charge on any atom is -0.334 e. The van der Waals surface area contributed by atoms with Gasteiger partial charge in [-0.3, -0.25) is 15.5 Å². The molecule has 0 atom stereocenters. The van der Waals surface area contributed by atoms with Crippen molar-refractivity contribution in [1.29, 1.82) is 0 Å². The van der Waals surface area contributed by atoms with Gasteiger partial charge in [0.05, 0.1) is 16.2 Å². The van der Waals surface area contributed by atoms with Gasteiger partial charge in [0, 0.05) is 26.2 Å². The molecule has 3 rings (SSSR count). The third kappa shape index (κ3) is 4.46. The van der Waals surface area contributed by atoms with Crippen molar-refractivity contribution in [2.45, 2.75) is 6.18 Å². The average molecular weight is 397 g/mol. The first kappa shape index (κ1) is 19.8. The molecule has 1 aliphatic heterocycles. The zero-order valence-corrected chi connectivity index (χ0v) is 14.9. The monoisotopic (exact) mass is 397 g/mol. The molecular formula is C16H18F3N7O2. The van der Waals surface area contributed by atoms with Crippen molar-refractivity contribution in [2.75, 3.05) is 44.0 Å². The van der Waals surface area contributed by atoms with Crippen molar-refractivity contribution in [1.82, 2.24) is 19.9 Å². The number of nitro groups is 1. The lowest BCUT2D eigenvalue weighted by Gasteiger charge is -2.32. The number of hydrazine groups is 1. The van der Waals surface area contributed by atoms with Gasteiger partial charge in [0.15, 0.2) is 0 Å². The van der Waals surface area contributed by atoms with Crippen molar-refractivity contribution in [2.24, 2.45) is 0 Å². The molecule has 0 aliphatic carbocycles. The van der Waals surface area contributed by atoms with Crippen molar-refractivity contribution >= 4 is 23.0 Å². The number of alkyl halides is 3. The number of anilines is 3. The highest BCUT2D eigenvalue weighted by atomic mass is 19.4. The van der Waals surface area contributed by atoms with E-state index in [-0.39, 0.29) is 17.3 Å². The number of piperazine rings is 1. The lowest BCUT2D eigenvalue weighted by Crippen LogP contribution is -2.47. The molecule has 0 radical (unpaired) electrons. The molecule has 1 aromatic heterocycles. The summed E-state index contributed by atoms with van der Waals surface area (Å²) in [4.78, 5) is 20.7. The summed E-state index contributed by atoms with van der Waals surface area (Å²) in [6.45, 7) is 2.74. The van der Waals surface area contributed by atoms with Crippen LogP contribution in [0.5, 0.6) is 0 Å². The van der Waals surface area contributed by atoms with E-state index in [2.05, 4.69) is 25.6 Å². The molecule has 2 N–H and O–H groups in total. The number of likely N-dealkylation sites (N-methyl/N-ethyl adjacent to an activating group) is 1. The number of halogens is 3. The van der Waals surface area contributed by atoms with Crippen LogP contribution in [0.25, 0.3) is 0 Å². The molecule has 0 spiro atoms. The van der Waals surface area contributed by atoms with Crippen LogP contribution in [0, 0.1) is 10.1 Å². The quantitative estimate of drug-likeness (QED) is 0.587. The zero-order chi connectivity index (χ0) is 20.3. The Morgan fingerprint density at radius 1 is 1.11 bits per heavy atom. The molecule has 150 valence electrons. The second-order valence-electron chi connectivity index (χ2n) is 6.25. The van der Waals surface area contributed by atoms with Crippen LogP contribution < -0.4 is 10.7 Å². The van der Waals surface area contributed by atoms with Crippen LogP contribution in [0.3, 0.4) is 0 Å². The van der Waals surface area contributed by atoms with Gasteiger partial charge in [0.25, 0.3) is 0 Å². The molecule has 1 aromatic carbocycles. The average Bonchev–Trinajstić information content (AvgIpc) is 2.63. The van der Waals surface area contributed by atoms with E-state index in [1.165, 1.54) is 18.2 Å². The topological polar surface area (TPSA) is 99.5 Å². The third-order valence-electron chi connectivity index (χ3n) is 4.26. The summed E-state index contributed by atoms with van der Waals surface area (Å²) in [5, 5.41) is 15.8. The van der Waals surface area contributed by atoms with Crippen LogP contribution in [0.4, 0.5) is 36.2 Å². The zero-order valence-electron chi connectivity index (χ0n) is 14.9. The predicted octanol–water partition coefficient (Wildman–Crippen LogP) is 2.72. The highest BCUT2D eigenvalue weighted by Gasteiger charge is 2.34.